The van der Waals surface area contributed by atoms with E-state index in [1.807, 2.05) is 6.07 Å². The maximum Gasteiger partial charge on any atom is 0.165 e. The molecule has 2 rings (SSSR count). The van der Waals surface area contributed by atoms with Crippen molar-refractivity contribution in [2.24, 2.45) is 5.73 Å². The summed E-state index contributed by atoms with van der Waals surface area (Å²) in [6.07, 6.45) is 0. The molecule has 3 nitrogen and oxygen atoms in total. The second kappa shape index (κ2) is 4.59. The standard InChI is InChI=1S/C11H11FN2OS/c1-15-11-3-2-7(4-9(11)12)10-5-8(6-13)16-14-10/h2-5H,6,13H2,1H3. The van der Waals surface area contributed by atoms with Crippen molar-refractivity contribution < 1.29 is 9.13 Å². The zero-order chi connectivity index (χ0) is 11.5. The lowest BCUT2D eigenvalue weighted by Gasteiger charge is -2.02. The number of methoxy groups -OCH3 is 1. The van der Waals surface area contributed by atoms with Gasteiger partial charge in [-0.3, -0.25) is 0 Å². The van der Waals surface area contributed by atoms with E-state index < -0.39 is 0 Å². The summed E-state index contributed by atoms with van der Waals surface area (Å²) in [5, 5.41) is 0. The zero-order valence-electron chi connectivity index (χ0n) is 8.74. The van der Waals surface area contributed by atoms with E-state index in [9.17, 15) is 4.39 Å². The van der Waals surface area contributed by atoms with Gasteiger partial charge < -0.3 is 10.5 Å². The van der Waals surface area contributed by atoms with Gasteiger partial charge in [-0.1, -0.05) is 0 Å². The van der Waals surface area contributed by atoms with Crippen LogP contribution in [0.25, 0.3) is 11.3 Å². The van der Waals surface area contributed by atoms with Crippen LogP contribution in [0.1, 0.15) is 4.88 Å². The molecule has 1 aromatic heterocycles. The van der Waals surface area contributed by atoms with Crippen LogP contribution >= 0.6 is 11.5 Å². The SMILES string of the molecule is COc1ccc(-c2cc(CN)sn2)cc1F. The Morgan fingerprint density at radius 2 is 2.25 bits per heavy atom. The number of aromatic nitrogens is 1. The Morgan fingerprint density at radius 3 is 2.81 bits per heavy atom. The summed E-state index contributed by atoms with van der Waals surface area (Å²) >= 11 is 1.33. The number of nitrogens with zero attached hydrogens (tertiary/aromatic N) is 1. The van der Waals surface area contributed by atoms with E-state index in [1.54, 1.807) is 12.1 Å². The molecule has 84 valence electrons. The lowest BCUT2D eigenvalue weighted by atomic mass is 10.1. The van der Waals surface area contributed by atoms with Crippen molar-refractivity contribution >= 4 is 11.5 Å². The normalized spacial score (nSPS) is 10.4. The summed E-state index contributed by atoms with van der Waals surface area (Å²) in [6, 6.07) is 6.64. The van der Waals surface area contributed by atoms with Crippen LogP contribution in [0.5, 0.6) is 5.75 Å². The summed E-state index contributed by atoms with van der Waals surface area (Å²) < 4.78 is 22.5. The van der Waals surface area contributed by atoms with Crippen LogP contribution in [-0.4, -0.2) is 11.5 Å². The van der Waals surface area contributed by atoms with E-state index in [-0.39, 0.29) is 11.6 Å². The largest absolute Gasteiger partial charge is 0.494 e. The van der Waals surface area contributed by atoms with E-state index in [1.165, 1.54) is 24.7 Å². The van der Waals surface area contributed by atoms with Gasteiger partial charge in [-0.25, -0.2) is 4.39 Å². The van der Waals surface area contributed by atoms with Crippen LogP contribution in [0.2, 0.25) is 0 Å². The zero-order valence-corrected chi connectivity index (χ0v) is 9.55. The molecule has 0 aliphatic carbocycles. The number of ether oxygens (including phenoxy) is 1. The number of halogens is 1. The Hall–Kier alpha value is -1.46. The summed E-state index contributed by atoms with van der Waals surface area (Å²) in [4.78, 5) is 0.978. The molecule has 2 aromatic rings. The van der Waals surface area contributed by atoms with Crippen LogP contribution in [0.4, 0.5) is 4.39 Å². The third-order valence-electron chi connectivity index (χ3n) is 2.21. The number of nitrogens with two attached hydrogens (primary N) is 1. The Bertz CT molecular complexity index is 498. The number of hydrogen-bond donors (Lipinski definition) is 1. The van der Waals surface area contributed by atoms with Crippen molar-refractivity contribution in [3.8, 4) is 17.0 Å². The van der Waals surface area contributed by atoms with Gasteiger partial charge in [0, 0.05) is 17.0 Å². The van der Waals surface area contributed by atoms with Gasteiger partial charge in [0.15, 0.2) is 11.6 Å². The van der Waals surface area contributed by atoms with Crippen molar-refractivity contribution in [1.82, 2.24) is 4.37 Å². The molecule has 0 radical (unpaired) electrons. The maximum absolute atomic E-state index is 13.5. The van der Waals surface area contributed by atoms with Gasteiger partial charge in [0.05, 0.1) is 12.8 Å². The Balaban J connectivity index is 2.37. The molecule has 0 amide bonds. The summed E-state index contributed by atoms with van der Waals surface area (Å²) in [5.74, 6) is -0.152. The van der Waals surface area contributed by atoms with Crippen molar-refractivity contribution in [2.75, 3.05) is 7.11 Å². The predicted molar refractivity (Wildman–Crippen MR) is 62.0 cm³/mol. The highest BCUT2D eigenvalue weighted by atomic mass is 32.1. The third kappa shape index (κ3) is 2.05. The van der Waals surface area contributed by atoms with E-state index in [0.717, 1.165) is 16.1 Å². The monoisotopic (exact) mass is 238 g/mol. The minimum atomic E-state index is -0.387. The van der Waals surface area contributed by atoms with E-state index >= 15 is 0 Å². The second-order valence-electron chi connectivity index (χ2n) is 3.23. The smallest absolute Gasteiger partial charge is 0.165 e. The molecule has 0 saturated heterocycles. The van der Waals surface area contributed by atoms with Gasteiger partial charge in [-0.2, -0.15) is 4.37 Å². The molecule has 0 spiro atoms. The summed E-state index contributed by atoms with van der Waals surface area (Å²) in [6.45, 7) is 0.455. The summed E-state index contributed by atoms with van der Waals surface area (Å²) in [5.41, 5.74) is 6.97. The molecule has 2 N–H and O–H groups in total. The molecule has 0 unspecified atom stereocenters. The van der Waals surface area contributed by atoms with Gasteiger partial charge in [0.25, 0.3) is 0 Å². The number of benzene rings is 1. The Morgan fingerprint density at radius 1 is 1.44 bits per heavy atom. The first-order chi connectivity index (χ1) is 7.74. The molecule has 1 aromatic carbocycles. The van der Waals surface area contributed by atoms with Gasteiger partial charge in [0.2, 0.25) is 0 Å². The summed E-state index contributed by atoms with van der Waals surface area (Å²) in [7, 11) is 1.44. The van der Waals surface area contributed by atoms with E-state index in [2.05, 4.69) is 4.37 Å². The van der Waals surface area contributed by atoms with Gasteiger partial charge in [0.1, 0.15) is 0 Å². The van der Waals surface area contributed by atoms with Crippen molar-refractivity contribution in [2.45, 2.75) is 6.54 Å². The van der Waals surface area contributed by atoms with E-state index in [0.29, 0.717) is 6.54 Å². The molecule has 5 heteroatoms. The highest BCUT2D eigenvalue weighted by Gasteiger charge is 2.08. The fourth-order valence-corrected chi connectivity index (χ4v) is 1.98. The highest BCUT2D eigenvalue weighted by molar-refractivity contribution is 7.06. The van der Waals surface area contributed by atoms with Crippen molar-refractivity contribution in [1.29, 1.82) is 0 Å². The van der Waals surface area contributed by atoms with Gasteiger partial charge in [-0.05, 0) is 35.8 Å². The van der Waals surface area contributed by atoms with Crippen LogP contribution in [0.3, 0.4) is 0 Å². The second-order valence-corrected chi connectivity index (χ2v) is 4.12. The van der Waals surface area contributed by atoms with E-state index in [4.69, 9.17) is 10.5 Å². The lowest BCUT2D eigenvalue weighted by Crippen LogP contribution is -1.91. The van der Waals surface area contributed by atoms with Crippen LogP contribution in [0, 0.1) is 5.82 Å². The molecular formula is C11H11FN2OS. The molecule has 0 aliphatic heterocycles. The predicted octanol–water partition coefficient (Wildman–Crippen LogP) is 2.42. The molecule has 0 fully saturated rings. The average Bonchev–Trinajstić information content (AvgIpc) is 2.77. The van der Waals surface area contributed by atoms with Gasteiger partial charge >= 0.3 is 0 Å². The molecule has 16 heavy (non-hydrogen) atoms. The Labute approximate surface area is 96.8 Å². The first-order valence-electron chi connectivity index (χ1n) is 4.74. The minimum Gasteiger partial charge on any atom is -0.494 e. The lowest BCUT2D eigenvalue weighted by molar-refractivity contribution is 0.386. The molecule has 0 atom stereocenters. The molecular weight excluding hydrogens is 227 g/mol. The quantitative estimate of drug-likeness (QED) is 0.893. The van der Waals surface area contributed by atoms with Crippen LogP contribution in [0.15, 0.2) is 24.3 Å². The fraction of sp³-hybridized carbons (Fsp3) is 0.182. The molecule has 0 saturated carbocycles. The first kappa shape index (κ1) is 11.0. The highest BCUT2D eigenvalue weighted by Crippen LogP contribution is 2.26. The number of hydrogen-bond acceptors (Lipinski definition) is 4. The molecule has 1 heterocycles. The molecule has 0 bridgehead atoms. The third-order valence-corrected chi connectivity index (χ3v) is 3.01. The first-order valence-corrected chi connectivity index (χ1v) is 5.51. The molecule has 0 aliphatic rings. The maximum atomic E-state index is 13.5. The van der Waals surface area contributed by atoms with Crippen molar-refractivity contribution in [3.05, 3.63) is 35.0 Å². The number of rotatable bonds is 3. The fourth-order valence-electron chi connectivity index (χ4n) is 1.37. The minimum absolute atomic E-state index is 0.234. The van der Waals surface area contributed by atoms with Crippen molar-refractivity contribution in [3.63, 3.8) is 0 Å². The average molecular weight is 238 g/mol. The van der Waals surface area contributed by atoms with Crippen LogP contribution < -0.4 is 10.5 Å². The Kier molecular flexibility index (Phi) is 3.17. The van der Waals surface area contributed by atoms with Gasteiger partial charge in [-0.15, -0.1) is 0 Å². The topological polar surface area (TPSA) is 48.1 Å². The van der Waals surface area contributed by atoms with Crippen LogP contribution in [-0.2, 0) is 6.54 Å².